The molecule has 2 heterocycles. The van der Waals surface area contributed by atoms with E-state index in [0.717, 1.165) is 41.6 Å². The van der Waals surface area contributed by atoms with Gasteiger partial charge in [-0.25, -0.2) is 4.98 Å². The molecule has 0 bridgehead atoms. The van der Waals surface area contributed by atoms with Gasteiger partial charge in [-0.05, 0) is 18.6 Å². The predicted octanol–water partition coefficient (Wildman–Crippen LogP) is 3.64. The Kier molecular flexibility index (Phi) is 4.70. The maximum atomic E-state index is 4.68. The first kappa shape index (κ1) is 14.9. The molecule has 108 valence electrons. The van der Waals surface area contributed by atoms with Gasteiger partial charge in [0, 0.05) is 23.8 Å². The van der Waals surface area contributed by atoms with Crippen LogP contribution < -0.4 is 5.32 Å². The van der Waals surface area contributed by atoms with Crippen LogP contribution in [0.4, 0.5) is 5.82 Å². The maximum absolute atomic E-state index is 4.68. The molecule has 0 aromatic carbocycles. The van der Waals surface area contributed by atoms with Crippen molar-refractivity contribution in [3.8, 4) is 0 Å². The van der Waals surface area contributed by atoms with Crippen molar-refractivity contribution in [2.24, 2.45) is 0 Å². The molecular formula is C15H22N4S. The van der Waals surface area contributed by atoms with E-state index >= 15 is 0 Å². The maximum Gasteiger partial charge on any atom is 0.148 e. The van der Waals surface area contributed by atoms with E-state index in [4.69, 9.17) is 0 Å². The second-order valence-electron chi connectivity index (χ2n) is 5.89. The first-order valence-electron chi connectivity index (χ1n) is 7.00. The summed E-state index contributed by atoms with van der Waals surface area (Å²) in [6.07, 6.45) is 1.83. The van der Waals surface area contributed by atoms with E-state index in [-0.39, 0.29) is 5.41 Å². The van der Waals surface area contributed by atoms with E-state index < -0.39 is 0 Å². The van der Waals surface area contributed by atoms with Crippen LogP contribution in [0.3, 0.4) is 0 Å². The van der Waals surface area contributed by atoms with Crippen LogP contribution in [-0.2, 0) is 11.8 Å². The smallest absolute Gasteiger partial charge is 0.148 e. The molecule has 5 heteroatoms. The summed E-state index contributed by atoms with van der Waals surface area (Å²) in [6.45, 7) is 9.60. The normalized spacial score (nSPS) is 11.6. The predicted molar refractivity (Wildman–Crippen MR) is 84.4 cm³/mol. The Morgan fingerprint density at radius 1 is 1.20 bits per heavy atom. The van der Waals surface area contributed by atoms with Crippen molar-refractivity contribution in [1.29, 1.82) is 0 Å². The Labute approximate surface area is 124 Å². The number of thiazole rings is 1. The molecular weight excluding hydrogens is 268 g/mol. The van der Waals surface area contributed by atoms with Gasteiger partial charge in [-0.2, -0.15) is 5.10 Å². The van der Waals surface area contributed by atoms with Crippen molar-refractivity contribution in [2.45, 2.75) is 46.0 Å². The number of hydrogen-bond acceptors (Lipinski definition) is 5. The fourth-order valence-corrected chi connectivity index (χ4v) is 2.73. The number of hydrogen-bond donors (Lipinski definition) is 1. The van der Waals surface area contributed by atoms with Crippen LogP contribution in [0.1, 0.15) is 50.5 Å². The third-order valence-corrected chi connectivity index (χ3v) is 3.78. The van der Waals surface area contributed by atoms with Crippen molar-refractivity contribution in [1.82, 2.24) is 15.2 Å². The van der Waals surface area contributed by atoms with E-state index in [2.05, 4.69) is 53.6 Å². The van der Waals surface area contributed by atoms with Gasteiger partial charge < -0.3 is 5.32 Å². The molecule has 2 aromatic heterocycles. The molecule has 0 atom stereocenters. The lowest BCUT2D eigenvalue weighted by molar-refractivity contribution is 0.571. The van der Waals surface area contributed by atoms with Crippen LogP contribution >= 0.6 is 11.3 Å². The second kappa shape index (κ2) is 6.31. The monoisotopic (exact) mass is 290 g/mol. The van der Waals surface area contributed by atoms with E-state index in [1.54, 1.807) is 11.3 Å². The van der Waals surface area contributed by atoms with Crippen LogP contribution in [-0.4, -0.2) is 21.7 Å². The minimum absolute atomic E-state index is 0.106. The zero-order valence-electron chi connectivity index (χ0n) is 12.6. The molecule has 2 rings (SSSR count). The van der Waals surface area contributed by atoms with Crippen LogP contribution in [0.2, 0.25) is 0 Å². The highest BCUT2D eigenvalue weighted by Gasteiger charge is 2.17. The molecule has 0 saturated carbocycles. The molecule has 1 N–H and O–H groups in total. The molecule has 0 aliphatic rings. The zero-order chi connectivity index (χ0) is 14.6. The molecule has 0 amide bonds. The summed E-state index contributed by atoms with van der Waals surface area (Å²) in [5.41, 5.74) is 2.21. The lowest BCUT2D eigenvalue weighted by Crippen LogP contribution is -2.11. The molecule has 0 unspecified atom stereocenters. The molecule has 0 spiro atoms. The van der Waals surface area contributed by atoms with Gasteiger partial charge >= 0.3 is 0 Å². The summed E-state index contributed by atoms with van der Waals surface area (Å²) in [7, 11) is 0. The molecule has 0 saturated heterocycles. The summed E-state index contributed by atoms with van der Waals surface area (Å²) in [5.74, 6) is 0.838. The van der Waals surface area contributed by atoms with Crippen molar-refractivity contribution >= 4 is 17.2 Å². The quantitative estimate of drug-likeness (QED) is 0.913. The number of rotatable bonds is 5. The summed E-state index contributed by atoms with van der Waals surface area (Å²) in [5, 5.41) is 14.9. The van der Waals surface area contributed by atoms with Crippen molar-refractivity contribution < 1.29 is 0 Å². The summed E-state index contributed by atoms with van der Waals surface area (Å²) >= 11 is 1.69. The zero-order valence-corrected chi connectivity index (χ0v) is 13.4. The topological polar surface area (TPSA) is 50.7 Å². The molecule has 0 aliphatic carbocycles. The van der Waals surface area contributed by atoms with Gasteiger partial charge in [-0.1, -0.05) is 27.7 Å². The third-order valence-electron chi connectivity index (χ3n) is 2.93. The number of anilines is 1. The van der Waals surface area contributed by atoms with E-state index in [1.807, 2.05) is 12.1 Å². The van der Waals surface area contributed by atoms with Crippen LogP contribution in [0.15, 0.2) is 17.5 Å². The van der Waals surface area contributed by atoms with Gasteiger partial charge in [-0.15, -0.1) is 16.4 Å². The molecule has 0 radical (unpaired) electrons. The van der Waals surface area contributed by atoms with Crippen molar-refractivity contribution in [2.75, 3.05) is 11.9 Å². The van der Waals surface area contributed by atoms with Crippen LogP contribution in [0.5, 0.6) is 0 Å². The highest BCUT2D eigenvalue weighted by Crippen LogP contribution is 2.24. The fourth-order valence-electron chi connectivity index (χ4n) is 1.69. The Morgan fingerprint density at radius 2 is 2.00 bits per heavy atom. The number of nitrogens with zero attached hydrogens (tertiary/aromatic N) is 3. The minimum atomic E-state index is 0.106. The van der Waals surface area contributed by atoms with Crippen molar-refractivity contribution in [3.05, 3.63) is 33.9 Å². The largest absolute Gasteiger partial charge is 0.369 e. The summed E-state index contributed by atoms with van der Waals surface area (Å²) in [4.78, 5) is 4.68. The van der Waals surface area contributed by atoms with Gasteiger partial charge in [0.2, 0.25) is 0 Å². The highest BCUT2D eigenvalue weighted by molar-refractivity contribution is 7.09. The van der Waals surface area contributed by atoms with Crippen molar-refractivity contribution in [3.63, 3.8) is 0 Å². The Balaban J connectivity index is 2.01. The highest BCUT2D eigenvalue weighted by atomic mass is 32.1. The van der Waals surface area contributed by atoms with Crippen LogP contribution in [0.25, 0.3) is 0 Å². The van der Waals surface area contributed by atoms with Crippen LogP contribution in [0, 0.1) is 0 Å². The van der Waals surface area contributed by atoms with Gasteiger partial charge in [0.1, 0.15) is 5.82 Å². The number of aromatic nitrogens is 3. The number of nitrogens with one attached hydrogen (secondary N) is 1. The van der Waals surface area contributed by atoms with E-state index in [1.165, 1.54) is 0 Å². The second-order valence-corrected chi connectivity index (χ2v) is 6.83. The molecule has 4 nitrogen and oxygen atoms in total. The average molecular weight is 290 g/mol. The van der Waals surface area contributed by atoms with E-state index in [0.29, 0.717) is 0 Å². The van der Waals surface area contributed by atoms with E-state index in [9.17, 15) is 0 Å². The van der Waals surface area contributed by atoms with Gasteiger partial charge in [-0.3, -0.25) is 0 Å². The lowest BCUT2D eigenvalue weighted by atomic mass is 9.93. The van der Waals surface area contributed by atoms with Gasteiger partial charge in [0.05, 0.1) is 16.4 Å². The standard InChI is InChI=1S/C15H22N4S/c1-5-8-16-13-7-6-11(18-19-13)9-14-17-12(10-20-14)15(2,3)4/h6-7,10H,5,8-9H2,1-4H3,(H,16,19). The SMILES string of the molecule is CCCNc1ccc(Cc2nc(C(C)(C)C)cs2)nn1. The van der Waals surface area contributed by atoms with Gasteiger partial charge in [0.15, 0.2) is 0 Å². The first-order chi connectivity index (χ1) is 9.49. The average Bonchev–Trinajstić information content (AvgIpc) is 2.86. The lowest BCUT2D eigenvalue weighted by Gasteiger charge is -2.14. The Bertz CT molecular complexity index is 540. The fraction of sp³-hybridized carbons (Fsp3) is 0.533. The molecule has 0 aliphatic heterocycles. The molecule has 20 heavy (non-hydrogen) atoms. The minimum Gasteiger partial charge on any atom is -0.369 e. The summed E-state index contributed by atoms with van der Waals surface area (Å²) in [6, 6.07) is 4.00. The Hall–Kier alpha value is -1.49. The third kappa shape index (κ3) is 4.00. The molecule has 2 aromatic rings. The van der Waals surface area contributed by atoms with Gasteiger partial charge in [0.25, 0.3) is 0 Å². The molecule has 0 fully saturated rings. The summed E-state index contributed by atoms with van der Waals surface area (Å²) < 4.78 is 0. The Morgan fingerprint density at radius 3 is 2.55 bits per heavy atom. The first-order valence-corrected chi connectivity index (χ1v) is 7.88.